The topological polar surface area (TPSA) is 95.0 Å². The molecule has 1 aromatic heterocycles. The van der Waals surface area contributed by atoms with Gasteiger partial charge in [-0.05, 0) is 50.0 Å². The zero-order valence-corrected chi connectivity index (χ0v) is 12.9. The average molecular weight is 315 g/mol. The predicted molar refractivity (Wildman–Crippen MR) is 86.9 cm³/mol. The minimum Gasteiger partial charge on any atom is -0.351 e. The number of amides is 2. The molecule has 22 heavy (non-hydrogen) atoms. The van der Waals surface area contributed by atoms with Crippen LogP contribution in [0.5, 0.6) is 0 Å². The maximum absolute atomic E-state index is 11.8. The summed E-state index contributed by atoms with van der Waals surface area (Å²) in [5.74, 6) is 0.440. The maximum atomic E-state index is 11.8. The lowest BCUT2D eigenvalue weighted by atomic mass is 9.98. The molecule has 2 aromatic rings. The molecule has 6 nitrogen and oxygen atoms in total. The molecule has 3 N–H and O–H groups in total. The van der Waals surface area contributed by atoms with Crippen molar-refractivity contribution < 1.29 is 4.79 Å². The number of thiazole rings is 1. The molecule has 1 aromatic carbocycles. The first-order valence-corrected chi connectivity index (χ1v) is 8.07. The lowest BCUT2D eigenvalue weighted by Gasteiger charge is -2.27. The van der Waals surface area contributed by atoms with E-state index < -0.39 is 6.03 Å². The second-order valence-electron chi connectivity index (χ2n) is 5.43. The van der Waals surface area contributed by atoms with Crippen LogP contribution in [-0.2, 0) is 0 Å². The van der Waals surface area contributed by atoms with Gasteiger partial charge in [0.25, 0.3) is 0 Å². The van der Waals surface area contributed by atoms with Crippen LogP contribution in [0.25, 0.3) is 10.2 Å². The van der Waals surface area contributed by atoms with E-state index in [-0.39, 0.29) is 0 Å². The fourth-order valence-corrected chi connectivity index (χ4v) is 3.70. The van der Waals surface area contributed by atoms with Crippen LogP contribution in [0, 0.1) is 17.2 Å². The van der Waals surface area contributed by atoms with Crippen molar-refractivity contribution in [3.63, 3.8) is 0 Å². The molecule has 0 radical (unpaired) electrons. The number of hydrogen-bond donors (Lipinski definition) is 2. The van der Waals surface area contributed by atoms with Crippen LogP contribution in [0.3, 0.4) is 0 Å². The Labute approximate surface area is 132 Å². The summed E-state index contributed by atoms with van der Waals surface area (Å²) in [6.07, 6.45) is 2.07. The summed E-state index contributed by atoms with van der Waals surface area (Å²) in [5, 5.41) is 12.9. The number of rotatable bonds is 3. The van der Waals surface area contributed by atoms with E-state index in [9.17, 15) is 4.79 Å². The van der Waals surface area contributed by atoms with Crippen LogP contribution in [0.4, 0.5) is 9.93 Å². The number of piperidine rings is 1. The summed E-state index contributed by atoms with van der Waals surface area (Å²) in [5.41, 5.74) is 6.93. The molecule has 0 atom stereocenters. The van der Waals surface area contributed by atoms with Gasteiger partial charge in [-0.2, -0.15) is 5.26 Å². The highest BCUT2D eigenvalue weighted by Crippen LogP contribution is 2.30. The van der Waals surface area contributed by atoms with Gasteiger partial charge in [-0.25, -0.2) is 9.78 Å². The van der Waals surface area contributed by atoms with Gasteiger partial charge in [-0.3, -0.25) is 4.90 Å². The standard InChI is InChI=1S/C15H17N5OS/c16-8-11-1-2-12-13(7-11)22-15(19-12)20(14(17)21)9-10-3-5-18-6-4-10/h1-2,7,10,18H,3-6,9H2,(H2,17,21). The van der Waals surface area contributed by atoms with Gasteiger partial charge in [0, 0.05) is 6.54 Å². The van der Waals surface area contributed by atoms with Gasteiger partial charge in [-0.15, -0.1) is 0 Å². The van der Waals surface area contributed by atoms with E-state index in [0.29, 0.717) is 23.2 Å². The molecule has 3 rings (SSSR count). The number of urea groups is 1. The molecule has 0 aliphatic carbocycles. The number of primary amides is 1. The first-order valence-electron chi connectivity index (χ1n) is 7.26. The Kier molecular flexibility index (Phi) is 4.22. The van der Waals surface area contributed by atoms with Gasteiger partial charge in [0.1, 0.15) is 0 Å². The molecule has 114 valence electrons. The van der Waals surface area contributed by atoms with Crippen LogP contribution >= 0.6 is 11.3 Å². The molecule has 1 aliphatic heterocycles. The van der Waals surface area contributed by atoms with Crippen LogP contribution in [0.2, 0.25) is 0 Å². The van der Waals surface area contributed by atoms with Crippen molar-refractivity contribution in [2.24, 2.45) is 11.7 Å². The summed E-state index contributed by atoms with van der Waals surface area (Å²) in [7, 11) is 0. The lowest BCUT2D eigenvalue weighted by Crippen LogP contribution is -2.42. The Hall–Kier alpha value is -2.17. The minimum absolute atomic E-state index is 0.440. The minimum atomic E-state index is -0.474. The van der Waals surface area contributed by atoms with Crippen LogP contribution < -0.4 is 16.0 Å². The van der Waals surface area contributed by atoms with E-state index in [0.717, 1.165) is 36.1 Å². The largest absolute Gasteiger partial charge is 0.351 e. The molecule has 2 amide bonds. The highest BCUT2D eigenvalue weighted by Gasteiger charge is 2.23. The fourth-order valence-electron chi connectivity index (χ4n) is 2.68. The number of carbonyl (C=O) groups excluding carboxylic acids is 1. The van der Waals surface area contributed by atoms with Gasteiger partial charge in [0.2, 0.25) is 0 Å². The van der Waals surface area contributed by atoms with E-state index in [1.54, 1.807) is 23.1 Å². The summed E-state index contributed by atoms with van der Waals surface area (Å²) in [4.78, 5) is 17.9. The van der Waals surface area contributed by atoms with Crippen molar-refractivity contribution >= 4 is 32.7 Å². The summed E-state index contributed by atoms with van der Waals surface area (Å²) in [6.45, 7) is 2.55. The second-order valence-corrected chi connectivity index (χ2v) is 6.44. The van der Waals surface area contributed by atoms with Gasteiger partial charge < -0.3 is 11.1 Å². The van der Waals surface area contributed by atoms with Crippen molar-refractivity contribution in [2.45, 2.75) is 12.8 Å². The first-order chi connectivity index (χ1) is 10.7. The second kappa shape index (κ2) is 6.30. The molecule has 2 heterocycles. The van der Waals surface area contributed by atoms with E-state index in [2.05, 4.69) is 16.4 Å². The molecule has 1 aliphatic rings. The first kappa shape index (κ1) is 14.8. The summed E-state index contributed by atoms with van der Waals surface area (Å²) < 4.78 is 0.894. The van der Waals surface area contributed by atoms with Crippen LogP contribution in [0.15, 0.2) is 18.2 Å². The van der Waals surface area contributed by atoms with Crippen LogP contribution in [0.1, 0.15) is 18.4 Å². The predicted octanol–water partition coefficient (Wildman–Crippen LogP) is 2.05. The van der Waals surface area contributed by atoms with E-state index in [1.165, 1.54) is 11.3 Å². The van der Waals surface area contributed by atoms with Crippen molar-refractivity contribution in [3.05, 3.63) is 23.8 Å². The lowest BCUT2D eigenvalue weighted by molar-refractivity contribution is 0.251. The number of nitrogens with one attached hydrogen (secondary N) is 1. The van der Waals surface area contributed by atoms with Gasteiger partial charge in [0.15, 0.2) is 5.13 Å². The summed E-state index contributed by atoms with van der Waals surface area (Å²) >= 11 is 1.40. The zero-order valence-electron chi connectivity index (χ0n) is 12.1. The number of hydrogen-bond acceptors (Lipinski definition) is 5. The Morgan fingerprint density at radius 1 is 1.50 bits per heavy atom. The molecular weight excluding hydrogens is 298 g/mol. The monoisotopic (exact) mass is 315 g/mol. The molecule has 0 unspecified atom stereocenters. The number of aromatic nitrogens is 1. The molecule has 0 saturated carbocycles. The Morgan fingerprint density at radius 2 is 2.27 bits per heavy atom. The van der Waals surface area contributed by atoms with Crippen molar-refractivity contribution in [1.29, 1.82) is 5.26 Å². The molecule has 1 fully saturated rings. The normalized spacial score (nSPS) is 15.6. The quantitative estimate of drug-likeness (QED) is 0.906. The number of nitriles is 1. The van der Waals surface area contributed by atoms with Gasteiger partial charge in [0.05, 0.1) is 21.8 Å². The van der Waals surface area contributed by atoms with Crippen LogP contribution in [-0.4, -0.2) is 30.6 Å². The SMILES string of the molecule is N#Cc1ccc2nc(N(CC3CCNCC3)C(N)=O)sc2c1. The molecule has 7 heteroatoms. The fraction of sp³-hybridized carbons (Fsp3) is 0.400. The van der Waals surface area contributed by atoms with E-state index in [1.807, 2.05) is 0 Å². The van der Waals surface area contributed by atoms with Crippen molar-refractivity contribution in [1.82, 2.24) is 10.3 Å². The molecule has 0 spiro atoms. The number of anilines is 1. The number of nitrogens with zero attached hydrogens (tertiary/aromatic N) is 3. The summed E-state index contributed by atoms with van der Waals surface area (Å²) in [6, 6.07) is 6.96. The third-order valence-corrected chi connectivity index (χ3v) is 4.94. The van der Waals surface area contributed by atoms with Crippen molar-refractivity contribution in [3.8, 4) is 6.07 Å². The van der Waals surface area contributed by atoms with Gasteiger partial charge in [-0.1, -0.05) is 11.3 Å². The Morgan fingerprint density at radius 3 is 2.95 bits per heavy atom. The third kappa shape index (κ3) is 3.03. The number of carbonyl (C=O) groups is 1. The molecule has 0 bridgehead atoms. The number of nitrogens with two attached hydrogens (primary N) is 1. The highest BCUT2D eigenvalue weighted by atomic mass is 32.1. The third-order valence-electron chi connectivity index (χ3n) is 3.90. The zero-order chi connectivity index (χ0) is 15.5. The maximum Gasteiger partial charge on any atom is 0.321 e. The van der Waals surface area contributed by atoms with Crippen molar-refractivity contribution in [2.75, 3.05) is 24.5 Å². The number of benzene rings is 1. The Balaban J connectivity index is 1.87. The van der Waals surface area contributed by atoms with E-state index >= 15 is 0 Å². The van der Waals surface area contributed by atoms with E-state index in [4.69, 9.17) is 11.0 Å². The molecular formula is C15H17N5OS. The highest BCUT2D eigenvalue weighted by molar-refractivity contribution is 7.22. The van der Waals surface area contributed by atoms with Gasteiger partial charge >= 0.3 is 6.03 Å². The molecule has 1 saturated heterocycles. The smallest absolute Gasteiger partial charge is 0.321 e. The Bertz CT molecular complexity index is 729. The average Bonchev–Trinajstić information content (AvgIpc) is 2.95. The number of fused-ring (bicyclic) bond motifs is 1.